The van der Waals surface area contributed by atoms with Gasteiger partial charge in [0.05, 0.1) is 0 Å². The van der Waals surface area contributed by atoms with E-state index in [0.29, 0.717) is 6.54 Å². The summed E-state index contributed by atoms with van der Waals surface area (Å²) in [6.45, 7) is 10.5. The third kappa shape index (κ3) is 6.60. The zero-order chi connectivity index (χ0) is 14.8. The lowest BCUT2D eigenvalue weighted by molar-refractivity contribution is -0.127. The van der Waals surface area contributed by atoms with Gasteiger partial charge in [-0.3, -0.25) is 9.59 Å². The Bertz CT molecular complexity index is 271. The van der Waals surface area contributed by atoms with Crippen LogP contribution in [-0.2, 0) is 9.59 Å². The largest absolute Gasteiger partial charge is 0.354 e. The van der Waals surface area contributed by atoms with Gasteiger partial charge in [-0.05, 0) is 32.6 Å². The number of rotatable bonds is 9. The van der Waals surface area contributed by atoms with Crippen LogP contribution in [0.25, 0.3) is 0 Å². The van der Waals surface area contributed by atoms with Gasteiger partial charge in [-0.15, -0.1) is 0 Å². The highest BCUT2D eigenvalue weighted by Gasteiger charge is 2.18. The minimum absolute atomic E-state index is 0.0218. The van der Waals surface area contributed by atoms with E-state index in [-0.39, 0.29) is 29.7 Å². The molecule has 4 heteroatoms. The highest BCUT2D eigenvalue weighted by atomic mass is 16.2. The quantitative estimate of drug-likeness (QED) is 0.676. The Balaban J connectivity index is 4.08. The minimum atomic E-state index is -0.0218. The van der Waals surface area contributed by atoms with E-state index in [1.54, 1.807) is 0 Å². The fourth-order valence-electron chi connectivity index (χ4n) is 2.13. The molecule has 0 saturated heterocycles. The molecule has 0 aliphatic rings. The molecule has 0 radical (unpaired) electrons. The Morgan fingerprint density at radius 2 is 1.26 bits per heavy atom. The highest BCUT2D eigenvalue weighted by molar-refractivity contribution is 5.80. The molecule has 0 heterocycles. The van der Waals surface area contributed by atoms with E-state index in [1.165, 1.54) is 0 Å². The van der Waals surface area contributed by atoms with Crippen LogP contribution in [0.1, 0.15) is 60.3 Å². The van der Waals surface area contributed by atoms with E-state index >= 15 is 0 Å². The van der Waals surface area contributed by atoms with Crippen LogP contribution in [0, 0.1) is 11.8 Å². The molecule has 0 bridgehead atoms. The van der Waals surface area contributed by atoms with E-state index in [2.05, 4.69) is 10.6 Å². The summed E-state index contributed by atoms with van der Waals surface area (Å²) in [5.74, 6) is 0.349. The summed E-state index contributed by atoms with van der Waals surface area (Å²) in [5.41, 5.74) is 0. The summed E-state index contributed by atoms with van der Waals surface area (Å²) in [5, 5.41) is 5.87. The molecule has 0 saturated carbocycles. The van der Waals surface area contributed by atoms with Crippen molar-refractivity contribution >= 4 is 11.8 Å². The molecule has 2 N–H and O–H groups in total. The Hall–Kier alpha value is -1.06. The maximum absolute atomic E-state index is 11.9. The molecule has 0 rings (SSSR count). The monoisotopic (exact) mass is 270 g/mol. The molecular formula is C15H30N2O2. The second-order valence-electron chi connectivity index (χ2n) is 5.18. The van der Waals surface area contributed by atoms with E-state index in [9.17, 15) is 9.59 Å². The van der Waals surface area contributed by atoms with E-state index in [0.717, 1.165) is 25.7 Å². The zero-order valence-electron chi connectivity index (χ0n) is 13.1. The summed E-state index contributed by atoms with van der Waals surface area (Å²) < 4.78 is 0. The SMILES string of the molecule is CCC(CC)C(=O)NC[C@H](C)NC(=O)C(CC)CC. The van der Waals surface area contributed by atoms with Crippen molar-refractivity contribution in [3.05, 3.63) is 0 Å². The molecule has 0 aromatic heterocycles. The van der Waals surface area contributed by atoms with Gasteiger partial charge in [-0.25, -0.2) is 0 Å². The summed E-state index contributed by atoms with van der Waals surface area (Å²) in [7, 11) is 0. The number of carbonyl (C=O) groups is 2. The summed E-state index contributed by atoms with van der Waals surface area (Å²) in [4.78, 5) is 23.7. The van der Waals surface area contributed by atoms with Crippen molar-refractivity contribution < 1.29 is 9.59 Å². The van der Waals surface area contributed by atoms with E-state index < -0.39 is 0 Å². The number of carbonyl (C=O) groups excluding carboxylic acids is 2. The second kappa shape index (κ2) is 9.82. The third-order valence-corrected chi connectivity index (χ3v) is 3.68. The van der Waals surface area contributed by atoms with Crippen LogP contribution in [-0.4, -0.2) is 24.4 Å². The Labute approximate surface area is 117 Å². The molecule has 2 amide bonds. The number of nitrogens with one attached hydrogen (secondary N) is 2. The Morgan fingerprint density at radius 3 is 1.68 bits per heavy atom. The minimum Gasteiger partial charge on any atom is -0.354 e. The Morgan fingerprint density at radius 1 is 0.842 bits per heavy atom. The molecule has 0 aliphatic heterocycles. The highest BCUT2D eigenvalue weighted by Crippen LogP contribution is 2.08. The van der Waals surface area contributed by atoms with Crippen LogP contribution in [0.4, 0.5) is 0 Å². The molecule has 0 spiro atoms. The average Bonchev–Trinajstić information content (AvgIpc) is 2.39. The van der Waals surface area contributed by atoms with Crippen LogP contribution < -0.4 is 10.6 Å². The second-order valence-corrected chi connectivity index (χ2v) is 5.18. The van der Waals surface area contributed by atoms with Gasteiger partial charge in [0, 0.05) is 24.4 Å². The summed E-state index contributed by atoms with van der Waals surface area (Å²) >= 11 is 0. The van der Waals surface area contributed by atoms with Crippen LogP contribution in [0.2, 0.25) is 0 Å². The molecule has 112 valence electrons. The molecule has 1 atom stereocenters. The number of hydrogen-bond donors (Lipinski definition) is 2. The topological polar surface area (TPSA) is 58.2 Å². The van der Waals surface area contributed by atoms with Crippen LogP contribution in [0.5, 0.6) is 0 Å². The lowest BCUT2D eigenvalue weighted by atomic mass is 10.0. The van der Waals surface area contributed by atoms with Gasteiger partial charge in [0.1, 0.15) is 0 Å². The van der Waals surface area contributed by atoms with Gasteiger partial charge in [0.2, 0.25) is 11.8 Å². The van der Waals surface area contributed by atoms with Crippen LogP contribution >= 0.6 is 0 Å². The van der Waals surface area contributed by atoms with Crippen molar-refractivity contribution in [1.82, 2.24) is 10.6 Å². The lowest BCUT2D eigenvalue weighted by Gasteiger charge is -2.20. The molecule has 4 nitrogen and oxygen atoms in total. The summed E-state index contributed by atoms with van der Waals surface area (Å²) in [6, 6.07) is -0.0218. The van der Waals surface area contributed by atoms with Gasteiger partial charge >= 0.3 is 0 Å². The van der Waals surface area contributed by atoms with E-state index in [4.69, 9.17) is 0 Å². The maximum atomic E-state index is 11.9. The average molecular weight is 270 g/mol. The zero-order valence-corrected chi connectivity index (χ0v) is 13.1. The van der Waals surface area contributed by atoms with Gasteiger partial charge in [0.15, 0.2) is 0 Å². The number of amides is 2. The van der Waals surface area contributed by atoms with Crippen LogP contribution in [0.3, 0.4) is 0 Å². The van der Waals surface area contributed by atoms with Crippen LogP contribution in [0.15, 0.2) is 0 Å². The van der Waals surface area contributed by atoms with E-state index in [1.807, 2.05) is 34.6 Å². The third-order valence-electron chi connectivity index (χ3n) is 3.68. The smallest absolute Gasteiger partial charge is 0.223 e. The molecule has 0 aromatic rings. The summed E-state index contributed by atoms with van der Waals surface area (Å²) in [6.07, 6.45) is 3.43. The predicted molar refractivity (Wildman–Crippen MR) is 78.8 cm³/mol. The molecule has 0 aromatic carbocycles. The van der Waals surface area contributed by atoms with Crippen molar-refractivity contribution in [2.24, 2.45) is 11.8 Å². The maximum Gasteiger partial charge on any atom is 0.223 e. The first-order valence-corrected chi connectivity index (χ1v) is 7.57. The standard InChI is InChI=1S/C15H30N2O2/c1-6-12(7-2)14(18)16-10-11(5)17-15(19)13(8-3)9-4/h11-13H,6-10H2,1-5H3,(H,16,18)(H,17,19)/t11-/m0/s1. The number of hydrogen-bond acceptors (Lipinski definition) is 2. The van der Waals surface area contributed by atoms with Gasteiger partial charge in [-0.1, -0.05) is 27.7 Å². The van der Waals surface area contributed by atoms with Gasteiger partial charge < -0.3 is 10.6 Å². The molecule has 0 unspecified atom stereocenters. The Kier molecular flexibility index (Phi) is 9.27. The van der Waals surface area contributed by atoms with Gasteiger partial charge in [0.25, 0.3) is 0 Å². The van der Waals surface area contributed by atoms with Crippen molar-refractivity contribution in [2.45, 2.75) is 66.3 Å². The first kappa shape index (κ1) is 17.9. The fraction of sp³-hybridized carbons (Fsp3) is 0.867. The fourth-order valence-corrected chi connectivity index (χ4v) is 2.13. The molecule has 0 aliphatic carbocycles. The van der Waals surface area contributed by atoms with Crippen molar-refractivity contribution in [1.29, 1.82) is 0 Å². The van der Waals surface area contributed by atoms with Crippen molar-refractivity contribution in [3.8, 4) is 0 Å². The van der Waals surface area contributed by atoms with Gasteiger partial charge in [-0.2, -0.15) is 0 Å². The van der Waals surface area contributed by atoms with Crippen molar-refractivity contribution in [2.75, 3.05) is 6.54 Å². The predicted octanol–water partition coefficient (Wildman–Crippen LogP) is 2.48. The normalized spacial score (nSPS) is 12.6. The lowest BCUT2D eigenvalue weighted by Crippen LogP contribution is -2.45. The molecule has 0 fully saturated rings. The molecular weight excluding hydrogens is 240 g/mol. The first-order valence-electron chi connectivity index (χ1n) is 7.57. The molecule has 19 heavy (non-hydrogen) atoms. The van der Waals surface area contributed by atoms with Crippen molar-refractivity contribution in [3.63, 3.8) is 0 Å². The first-order chi connectivity index (χ1) is 8.99.